The van der Waals surface area contributed by atoms with E-state index in [1.54, 1.807) is 0 Å². The van der Waals surface area contributed by atoms with Gasteiger partial charge < -0.3 is 10.1 Å². The minimum atomic E-state index is -0.831. The summed E-state index contributed by atoms with van der Waals surface area (Å²) in [5, 5.41) is 13.5. The minimum Gasteiger partial charge on any atom is -0.375 e. The molecule has 94 valence electrons. The smallest absolute Gasteiger partial charge is 0.304 e. The highest BCUT2D eigenvalue weighted by Crippen LogP contribution is 2.18. The van der Waals surface area contributed by atoms with Crippen molar-refractivity contribution in [2.24, 2.45) is 0 Å². The van der Waals surface area contributed by atoms with E-state index in [1.807, 2.05) is 6.92 Å². The lowest BCUT2D eigenvalue weighted by Gasteiger charge is -2.05. The van der Waals surface area contributed by atoms with E-state index in [0.717, 1.165) is 25.2 Å². The van der Waals surface area contributed by atoms with Crippen LogP contribution in [-0.2, 0) is 11.3 Å². The molecule has 0 radical (unpaired) electrons. The minimum absolute atomic E-state index is 0.250. The van der Waals surface area contributed by atoms with Crippen molar-refractivity contribution in [3.05, 3.63) is 39.7 Å². The molecule has 1 aromatic carbocycles. The molecule has 6 heteroatoms. The summed E-state index contributed by atoms with van der Waals surface area (Å²) in [5.41, 5.74) is 0.0750. The van der Waals surface area contributed by atoms with Crippen LogP contribution < -0.4 is 5.32 Å². The molecule has 0 saturated heterocycles. The fourth-order valence-electron chi connectivity index (χ4n) is 1.30. The van der Waals surface area contributed by atoms with E-state index in [1.165, 1.54) is 6.07 Å². The lowest BCUT2D eigenvalue weighted by atomic mass is 10.2. The third-order valence-electron chi connectivity index (χ3n) is 2.15. The first kappa shape index (κ1) is 13.5. The normalized spacial score (nSPS) is 10.5. The number of rotatable bonds is 7. The molecule has 0 atom stereocenters. The Labute approximate surface area is 98.7 Å². The van der Waals surface area contributed by atoms with Crippen molar-refractivity contribution in [3.63, 3.8) is 0 Å². The second-order valence-electron chi connectivity index (χ2n) is 3.45. The molecule has 0 unspecified atom stereocenters. The predicted octanol–water partition coefficient (Wildman–Crippen LogP) is 1.86. The number of likely N-dealkylation sites (N-methyl/N-ethyl adjacent to an activating group) is 1. The van der Waals surface area contributed by atoms with E-state index in [4.69, 9.17) is 4.74 Å². The Bertz CT molecular complexity index is 385. The van der Waals surface area contributed by atoms with Gasteiger partial charge >= 0.3 is 5.69 Å². The van der Waals surface area contributed by atoms with Gasteiger partial charge in [0.1, 0.15) is 0 Å². The zero-order valence-corrected chi connectivity index (χ0v) is 9.61. The fraction of sp³-hybridized carbons (Fsp3) is 0.455. The van der Waals surface area contributed by atoms with E-state index < -0.39 is 16.4 Å². The molecule has 0 spiro atoms. The number of hydrogen-bond acceptors (Lipinski definition) is 4. The SMILES string of the molecule is CCNCCOCc1ccc([N+](=O)[O-])c(F)c1. The number of benzene rings is 1. The maximum Gasteiger partial charge on any atom is 0.304 e. The van der Waals surface area contributed by atoms with Crippen LogP contribution in [0.15, 0.2) is 18.2 Å². The Kier molecular flexibility index (Phi) is 5.51. The Balaban J connectivity index is 2.45. The molecule has 0 aliphatic carbocycles. The van der Waals surface area contributed by atoms with Gasteiger partial charge in [-0.2, -0.15) is 4.39 Å². The Morgan fingerprint density at radius 2 is 2.29 bits per heavy atom. The van der Waals surface area contributed by atoms with Gasteiger partial charge in [0.15, 0.2) is 0 Å². The molecule has 0 bridgehead atoms. The molecule has 1 N–H and O–H groups in total. The number of nitrogens with zero attached hydrogens (tertiary/aromatic N) is 1. The van der Waals surface area contributed by atoms with Crippen LogP contribution in [0, 0.1) is 15.9 Å². The van der Waals surface area contributed by atoms with Crippen molar-refractivity contribution < 1.29 is 14.1 Å². The molecule has 0 aliphatic heterocycles. The van der Waals surface area contributed by atoms with Gasteiger partial charge in [0, 0.05) is 12.6 Å². The van der Waals surface area contributed by atoms with Gasteiger partial charge in [-0.1, -0.05) is 6.92 Å². The molecule has 0 heterocycles. The van der Waals surface area contributed by atoms with Gasteiger partial charge in [-0.3, -0.25) is 10.1 Å². The summed E-state index contributed by atoms with van der Waals surface area (Å²) in [6.07, 6.45) is 0. The van der Waals surface area contributed by atoms with E-state index >= 15 is 0 Å². The summed E-state index contributed by atoms with van der Waals surface area (Å²) < 4.78 is 18.5. The van der Waals surface area contributed by atoms with Crippen LogP contribution in [-0.4, -0.2) is 24.6 Å². The van der Waals surface area contributed by atoms with Crippen molar-refractivity contribution in [1.29, 1.82) is 0 Å². The molecular formula is C11H15FN2O3. The van der Waals surface area contributed by atoms with Crippen LogP contribution >= 0.6 is 0 Å². The Hall–Kier alpha value is -1.53. The third-order valence-corrected chi connectivity index (χ3v) is 2.15. The van der Waals surface area contributed by atoms with E-state index in [0.29, 0.717) is 12.2 Å². The Morgan fingerprint density at radius 3 is 2.88 bits per heavy atom. The van der Waals surface area contributed by atoms with Crippen molar-refractivity contribution in [2.45, 2.75) is 13.5 Å². The van der Waals surface area contributed by atoms with E-state index in [9.17, 15) is 14.5 Å². The van der Waals surface area contributed by atoms with Crippen LogP contribution in [0.4, 0.5) is 10.1 Å². The molecule has 0 saturated carbocycles. The van der Waals surface area contributed by atoms with Crippen molar-refractivity contribution in [1.82, 2.24) is 5.32 Å². The molecule has 0 amide bonds. The van der Waals surface area contributed by atoms with Crippen molar-refractivity contribution >= 4 is 5.69 Å². The van der Waals surface area contributed by atoms with Gasteiger partial charge in [-0.05, 0) is 24.2 Å². The first-order valence-corrected chi connectivity index (χ1v) is 5.36. The Morgan fingerprint density at radius 1 is 1.53 bits per heavy atom. The van der Waals surface area contributed by atoms with Gasteiger partial charge in [0.25, 0.3) is 0 Å². The molecule has 1 aromatic rings. The first-order chi connectivity index (χ1) is 8.15. The summed E-state index contributed by atoms with van der Waals surface area (Å²) >= 11 is 0. The second-order valence-corrected chi connectivity index (χ2v) is 3.45. The number of halogens is 1. The average Bonchev–Trinajstić information content (AvgIpc) is 2.28. The highest BCUT2D eigenvalue weighted by molar-refractivity contribution is 5.34. The van der Waals surface area contributed by atoms with Gasteiger partial charge in [-0.15, -0.1) is 0 Å². The number of hydrogen-bond donors (Lipinski definition) is 1. The summed E-state index contributed by atoms with van der Waals surface area (Å²) in [4.78, 5) is 9.65. The highest BCUT2D eigenvalue weighted by Gasteiger charge is 2.13. The van der Waals surface area contributed by atoms with Crippen LogP contribution in [0.5, 0.6) is 0 Å². The molecule has 5 nitrogen and oxygen atoms in total. The molecular weight excluding hydrogens is 227 g/mol. The zero-order valence-electron chi connectivity index (χ0n) is 9.61. The van der Waals surface area contributed by atoms with Gasteiger partial charge in [0.05, 0.1) is 18.1 Å². The number of nitro groups is 1. The number of ether oxygens (including phenoxy) is 1. The topological polar surface area (TPSA) is 64.4 Å². The number of nitro benzene ring substituents is 1. The third kappa shape index (κ3) is 4.46. The predicted molar refractivity (Wildman–Crippen MR) is 61.3 cm³/mol. The van der Waals surface area contributed by atoms with Gasteiger partial charge in [0.2, 0.25) is 5.82 Å². The van der Waals surface area contributed by atoms with E-state index in [-0.39, 0.29) is 6.61 Å². The average molecular weight is 242 g/mol. The molecule has 0 aliphatic rings. The maximum absolute atomic E-state index is 13.2. The fourth-order valence-corrected chi connectivity index (χ4v) is 1.30. The molecule has 17 heavy (non-hydrogen) atoms. The molecule has 0 fully saturated rings. The van der Waals surface area contributed by atoms with E-state index in [2.05, 4.69) is 5.32 Å². The van der Waals surface area contributed by atoms with Crippen molar-refractivity contribution in [3.8, 4) is 0 Å². The van der Waals surface area contributed by atoms with Gasteiger partial charge in [-0.25, -0.2) is 0 Å². The summed E-state index contributed by atoms with van der Waals surface area (Å²) in [7, 11) is 0. The lowest BCUT2D eigenvalue weighted by Crippen LogP contribution is -2.18. The number of nitrogens with one attached hydrogen (secondary N) is 1. The van der Waals surface area contributed by atoms with Crippen LogP contribution in [0.2, 0.25) is 0 Å². The second kappa shape index (κ2) is 6.93. The largest absolute Gasteiger partial charge is 0.375 e. The standard InChI is InChI=1S/C11H15FN2O3/c1-2-13-5-6-17-8-9-3-4-11(14(15)16)10(12)7-9/h3-4,7,13H,2,5-6,8H2,1H3. The van der Waals surface area contributed by atoms with Crippen LogP contribution in [0.25, 0.3) is 0 Å². The maximum atomic E-state index is 13.2. The lowest BCUT2D eigenvalue weighted by molar-refractivity contribution is -0.387. The molecule has 1 rings (SSSR count). The summed E-state index contributed by atoms with van der Waals surface area (Å²) in [6.45, 7) is 4.36. The van der Waals surface area contributed by atoms with Crippen LogP contribution in [0.1, 0.15) is 12.5 Å². The van der Waals surface area contributed by atoms with Crippen molar-refractivity contribution in [2.75, 3.05) is 19.7 Å². The first-order valence-electron chi connectivity index (χ1n) is 5.36. The zero-order chi connectivity index (χ0) is 12.7. The van der Waals surface area contributed by atoms with Crippen LogP contribution in [0.3, 0.4) is 0 Å². The quantitative estimate of drug-likeness (QED) is 0.450. The highest BCUT2D eigenvalue weighted by atomic mass is 19.1. The monoisotopic (exact) mass is 242 g/mol. The summed E-state index contributed by atoms with van der Waals surface area (Å²) in [6, 6.07) is 3.78. The summed E-state index contributed by atoms with van der Waals surface area (Å²) in [5.74, 6) is -0.831. The molecule has 0 aromatic heterocycles.